The molecule has 0 bridgehead atoms. The Balaban J connectivity index is 1.31. The Labute approximate surface area is 248 Å². The summed E-state index contributed by atoms with van der Waals surface area (Å²) >= 11 is 0. The fraction of sp³-hybridized carbons (Fsp3) is 0.647. The summed E-state index contributed by atoms with van der Waals surface area (Å²) in [6.45, 7) is 14.4. The predicted octanol–water partition coefficient (Wildman–Crippen LogP) is 6.29. The number of morpholine rings is 2. The number of unbranched alkanes of at least 4 members (excludes halogenated alkanes) is 2. The molecule has 2 fully saturated rings. The summed E-state index contributed by atoms with van der Waals surface area (Å²) in [4.78, 5) is 5.08. The molecule has 2 aromatic carbocycles. The van der Waals surface area contributed by atoms with Gasteiger partial charge < -0.3 is 23.7 Å². The van der Waals surface area contributed by atoms with E-state index in [2.05, 4.69) is 72.2 Å². The van der Waals surface area contributed by atoms with E-state index in [-0.39, 0.29) is 0 Å². The minimum atomic E-state index is 0.318. The second-order valence-electron chi connectivity index (χ2n) is 11.1. The molecule has 41 heavy (non-hydrogen) atoms. The largest absolute Gasteiger partial charge is 0.494 e. The summed E-state index contributed by atoms with van der Waals surface area (Å²) in [5.41, 5.74) is 2.65. The Bertz CT molecular complexity index is 865. The van der Waals surface area contributed by atoms with Gasteiger partial charge in [-0.15, -0.1) is 0 Å². The Morgan fingerprint density at radius 1 is 0.585 bits per heavy atom. The van der Waals surface area contributed by atoms with Crippen LogP contribution in [-0.4, -0.2) is 88.8 Å². The van der Waals surface area contributed by atoms with Crippen molar-refractivity contribution in [2.75, 3.05) is 79.0 Å². The Hall–Kier alpha value is -2.16. The molecule has 0 N–H and O–H groups in total. The van der Waals surface area contributed by atoms with Gasteiger partial charge in [0.25, 0.3) is 0 Å². The lowest BCUT2D eigenvalue weighted by molar-refractivity contribution is -0.00225. The first kappa shape index (κ1) is 31.8. The number of ether oxygens (including phenoxy) is 5. The quantitative estimate of drug-likeness (QED) is 0.196. The molecule has 0 saturated carbocycles. The van der Waals surface area contributed by atoms with Crippen molar-refractivity contribution in [3.05, 3.63) is 59.7 Å². The van der Waals surface area contributed by atoms with Crippen LogP contribution in [-0.2, 0) is 14.2 Å². The van der Waals surface area contributed by atoms with Crippen LogP contribution < -0.4 is 9.47 Å². The lowest BCUT2D eigenvalue weighted by atomic mass is 10.0. The van der Waals surface area contributed by atoms with Crippen LogP contribution in [0.15, 0.2) is 48.5 Å². The maximum Gasteiger partial charge on any atom is 0.119 e. The van der Waals surface area contributed by atoms with Crippen LogP contribution in [0.5, 0.6) is 11.5 Å². The van der Waals surface area contributed by atoms with Crippen molar-refractivity contribution in [2.24, 2.45) is 0 Å². The molecule has 2 aromatic rings. The van der Waals surface area contributed by atoms with E-state index >= 15 is 0 Å². The third-order valence-electron chi connectivity index (χ3n) is 8.11. The second-order valence-corrected chi connectivity index (χ2v) is 11.1. The highest BCUT2D eigenvalue weighted by Gasteiger charge is 2.24. The molecule has 2 aliphatic rings. The van der Waals surface area contributed by atoms with E-state index < -0.39 is 0 Å². The van der Waals surface area contributed by atoms with Crippen molar-refractivity contribution in [3.8, 4) is 11.5 Å². The zero-order chi connectivity index (χ0) is 28.5. The number of hydrogen-bond acceptors (Lipinski definition) is 7. The molecule has 0 spiro atoms. The van der Waals surface area contributed by atoms with Gasteiger partial charge >= 0.3 is 0 Å². The van der Waals surface area contributed by atoms with Gasteiger partial charge in [0.1, 0.15) is 11.5 Å². The van der Waals surface area contributed by atoms with E-state index in [1.54, 1.807) is 0 Å². The van der Waals surface area contributed by atoms with Crippen LogP contribution in [0.2, 0.25) is 0 Å². The molecule has 2 aliphatic heterocycles. The fourth-order valence-electron chi connectivity index (χ4n) is 5.63. The third kappa shape index (κ3) is 10.6. The molecular formula is C34H52N2O5. The first-order valence-corrected chi connectivity index (χ1v) is 15.9. The van der Waals surface area contributed by atoms with Crippen LogP contribution in [0.4, 0.5) is 0 Å². The molecule has 2 atom stereocenters. The number of nitrogens with zero attached hydrogens (tertiary/aromatic N) is 2. The van der Waals surface area contributed by atoms with E-state index in [1.807, 2.05) is 0 Å². The van der Waals surface area contributed by atoms with Crippen molar-refractivity contribution >= 4 is 0 Å². The minimum absolute atomic E-state index is 0.318. The SMILES string of the molecule is CCCCOc1ccc(C(CCOCCC(c2ccc(OCCCC)cc2)N2CCOCC2)N2CCOCC2)cc1. The van der Waals surface area contributed by atoms with Crippen LogP contribution in [0.25, 0.3) is 0 Å². The van der Waals surface area contributed by atoms with Gasteiger partial charge in [-0.1, -0.05) is 51.0 Å². The molecule has 2 unspecified atom stereocenters. The van der Waals surface area contributed by atoms with Crippen LogP contribution >= 0.6 is 0 Å². The summed E-state index contributed by atoms with van der Waals surface area (Å²) in [6, 6.07) is 18.0. The number of benzene rings is 2. The minimum Gasteiger partial charge on any atom is -0.494 e. The molecule has 0 radical (unpaired) electrons. The first-order valence-electron chi connectivity index (χ1n) is 15.9. The second kappa shape index (κ2) is 18.4. The summed E-state index contributed by atoms with van der Waals surface area (Å²) in [7, 11) is 0. The van der Waals surface area contributed by atoms with Gasteiger partial charge in [0, 0.05) is 51.5 Å². The van der Waals surface area contributed by atoms with E-state index in [1.165, 1.54) is 11.1 Å². The van der Waals surface area contributed by atoms with E-state index in [0.29, 0.717) is 12.1 Å². The highest BCUT2D eigenvalue weighted by atomic mass is 16.5. The summed E-state index contributed by atoms with van der Waals surface area (Å²) in [5.74, 6) is 1.91. The zero-order valence-electron chi connectivity index (χ0n) is 25.4. The van der Waals surface area contributed by atoms with Crippen LogP contribution in [0.3, 0.4) is 0 Å². The molecule has 0 amide bonds. The van der Waals surface area contributed by atoms with Gasteiger partial charge in [-0.3, -0.25) is 9.80 Å². The predicted molar refractivity (Wildman–Crippen MR) is 164 cm³/mol. The van der Waals surface area contributed by atoms with Gasteiger partial charge in [0.15, 0.2) is 0 Å². The molecule has 2 saturated heterocycles. The molecule has 0 aliphatic carbocycles. The van der Waals surface area contributed by atoms with E-state index in [4.69, 9.17) is 23.7 Å². The molecular weight excluding hydrogens is 516 g/mol. The summed E-state index contributed by atoms with van der Waals surface area (Å²) in [5, 5.41) is 0. The Morgan fingerprint density at radius 2 is 0.976 bits per heavy atom. The van der Waals surface area contributed by atoms with Crippen molar-refractivity contribution in [3.63, 3.8) is 0 Å². The number of rotatable bonds is 18. The average Bonchev–Trinajstić information content (AvgIpc) is 3.03. The van der Waals surface area contributed by atoms with Gasteiger partial charge in [0.05, 0.1) is 39.6 Å². The highest BCUT2D eigenvalue weighted by molar-refractivity contribution is 5.30. The Kier molecular flexibility index (Phi) is 14.3. The van der Waals surface area contributed by atoms with Crippen LogP contribution in [0.1, 0.15) is 75.6 Å². The first-order chi connectivity index (χ1) is 20.3. The van der Waals surface area contributed by atoms with Crippen molar-refractivity contribution in [1.82, 2.24) is 9.80 Å². The highest BCUT2D eigenvalue weighted by Crippen LogP contribution is 2.29. The monoisotopic (exact) mass is 568 g/mol. The maximum atomic E-state index is 6.33. The molecule has 7 nitrogen and oxygen atoms in total. The summed E-state index contributed by atoms with van der Waals surface area (Å²) < 4.78 is 29.4. The normalized spacial score (nSPS) is 18.2. The molecule has 4 rings (SSSR count). The summed E-state index contributed by atoms with van der Waals surface area (Å²) in [6.07, 6.45) is 6.38. The zero-order valence-corrected chi connectivity index (χ0v) is 25.4. The van der Waals surface area contributed by atoms with E-state index in [0.717, 1.165) is 129 Å². The molecule has 0 aromatic heterocycles. The molecule has 228 valence electrons. The molecule has 7 heteroatoms. The number of hydrogen-bond donors (Lipinski definition) is 0. The fourth-order valence-corrected chi connectivity index (χ4v) is 5.63. The Morgan fingerprint density at radius 3 is 1.34 bits per heavy atom. The van der Waals surface area contributed by atoms with Crippen molar-refractivity contribution in [1.29, 1.82) is 0 Å². The van der Waals surface area contributed by atoms with E-state index in [9.17, 15) is 0 Å². The van der Waals surface area contributed by atoms with Crippen molar-refractivity contribution in [2.45, 2.75) is 64.5 Å². The smallest absolute Gasteiger partial charge is 0.119 e. The average molecular weight is 569 g/mol. The standard InChI is InChI=1S/C34H52N2O5/c1-3-5-21-40-31-11-7-29(8-12-31)33(35-17-25-38-26-18-35)15-23-37-24-16-34(36-19-27-39-28-20-36)30-9-13-32(14-10-30)41-22-6-4-2/h7-14,33-34H,3-6,15-28H2,1-2H3. The van der Waals surface area contributed by atoms with Gasteiger partial charge in [0.2, 0.25) is 0 Å². The lowest BCUT2D eigenvalue weighted by Gasteiger charge is -2.35. The molecule has 2 heterocycles. The topological polar surface area (TPSA) is 52.6 Å². The lowest BCUT2D eigenvalue weighted by Crippen LogP contribution is -2.40. The third-order valence-corrected chi connectivity index (χ3v) is 8.11. The van der Waals surface area contributed by atoms with Gasteiger partial charge in [-0.25, -0.2) is 0 Å². The maximum absolute atomic E-state index is 6.33. The van der Waals surface area contributed by atoms with Crippen LogP contribution in [0, 0.1) is 0 Å². The van der Waals surface area contributed by atoms with Gasteiger partial charge in [-0.05, 0) is 61.1 Å². The van der Waals surface area contributed by atoms with Crippen molar-refractivity contribution < 1.29 is 23.7 Å². The van der Waals surface area contributed by atoms with Gasteiger partial charge in [-0.2, -0.15) is 0 Å².